The van der Waals surface area contributed by atoms with Crippen molar-refractivity contribution in [3.05, 3.63) is 62.0 Å². The number of nitrogens with one attached hydrogen (secondary N) is 1. The number of ether oxygens (including phenoxy) is 2. The van der Waals surface area contributed by atoms with Crippen LogP contribution in [0.3, 0.4) is 0 Å². The lowest BCUT2D eigenvalue weighted by Gasteiger charge is -2.11. The molecule has 0 aliphatic rings. The molecule has 0 atom stereocenters. The second-order valence-corrected chi connectivity index (χ2v) is 8.22. The van der Waals surface area contributed by atoms with E-state index in [1.165, 1.54) is 47.4 Å². The smallest absolute Gasteiger partial charge is 0.315 e. The molecule has 0 spiro atoms. The van der Waals surface area contributed by atoms with Gasteiger partial charge >= 0.3 is 5.69 Å². The van der Waals surface area contributed by atoms with Gasteiger partial charge in [-0.2, -0.15) is 5.10 Å². The predicted molar refractivity (Wildman–Crippen MR) is 128 cm³/mol. The zero-order chi connectivity index (χ0) is 23.3. The van der Waals surface area contributed by atoms with Crippen molar-refractivity contribution in [2.45, 2.75) is 34.1 Å². The molecule has 0 saturated carbocycles. The number of anilines is 1. The highest BCUT2D eigenvalue weighted by Gasteiger charge is 2.22. The number of nitro benzene ring substituents is 1. The van der Waals surface area contributed by atoms with E-state index in [1.54, 1.807) is 6.07 Å². The highest BCUT2D eigenvalue weighted by atomic mass is 32.1. The molecule has 1 aromatic heterocycles. The fourth-order valence-electron chi connectivity index (χ4n) is 3.51. The number of methoxy groups -OCH3 is 1. The summed E-state index contributed by atoms with van der Waals surface area (Å²) < 4.78 is 10.8. The van der Waals surface area contributed by atoms with E-state index < -0.39 is 4.92 Å². The number of thiazole rings is 1. The molecule has 8 nitrogen and oxygen atoms in total. The number of hydrogen-bond acceptors (Lipinski definition) is 8. The molecule has 168 valence electrons. The van der Waals surface area contributed by atoms with E-state index in [-0.39, 0.29) is 17.2 Å². The molecule has 0 radical (unpaired) electrons. The minimum absolute atomic E-state index is 0.123. The molecule has 0 saturated heterocycles. The summed E-state index contributed by atoms with van der Waals surface area (Å²) in [4.78, 5) is 15.7. The first kappa shape index (κ1) is 23.2. The zero-order valence-electron chi connectivity index (χ0n) is 18.8. The van der Waals surface area contributed by atoms with Crippen molar-refractivity contribution < 1.29 is 14.4 Å². The quantitative estimate of drug-likeness (QED) is 0.246. The van der Waals surface area contributed by atoms with Gasteiger partial charge in [-0.15, -0.1) is 11.3 Å². The lowest BCUT2D eigenvalue weighted by Crippen LogP contribution is -2.03. The Hall–Kier alpha value is -3.46. The van der Waals surface area contributed by atoms with E-state index in [4.69, 9.17) is 9.47 Å². The Morgan fingerprint density at radius 3 is 2.56 bits per heavy atom. The number of nitro groups is 1. The number of rotatable bonds is 9. The SMILES string of the molecule is CCCOc1c(OC)cc(/C=N\Nc2nc(-c3c(C)cc(C)cc3C)cs2)cc1[N+](=O)[O-]. The van der Waals surface area contributed by atoms with Gasteiger partial charge in [-0.3, -0.25) is 15.5 Å². The number of hydrogen-bond donors (Lipinski definition) is 1. The lowest BCUT2D eigenvalue weighted by atomic mass is 9.98. The third kappa shape index (κ3) is 5.23. The molecular weight excluding hydrogens is 428 g/mol. The van der Waals surface area contributed by atoms with Gasteiger partial charge in [-0.05, 0) is 44.4 Å². The van der Waals surface area contributed by atoms with E-state index in [0.29, 0.717) is 17.3 Å². The second-order valence-electron chi connectivity index (χ2n) is 7.36. The molecule has 0 fully saturated rings. The Bertz CT molecular complexity index is 1130. The molecule has 0 unspecified atom stereocenters. The average molecular weight is 455 g/mol. The summed E-state index contributed by atoms with van der Waals surface area (Å²) in [6, 6.07) is 7.34. The van der Waals surface area contributed by atoms with Crippen molar-refractivity contribution in [1.29, 1.82) is 0 Å². The maximum absolute atomic E-state index is 11.5. The first-order chi connectivity index (χ1) is 15.3. The monoisotopic (exact) mass is 454 g/mol. The van der Waals surface area contributed by atoms with Crippen LogP contribution in [0.2, 0.25) is 0 Å². The van der Waals surface area contributed by atoms with Gasteiger partial charge in [0.05, 0.1) is 30.5 Å². The third-order valence-electron chi connectivity index (χ3n) is 4.74. The van der Waals surface area contributed by atoms with Gasteiger partial charge in [0, 0.05) is 22.6 Å². The summed E-state index contributed by atoms with van der Waals surface area (Å²) in [5.41, 5.74) is 8.82. The zero-order valence-corrected chi connectivity index (χ0v) is 19.6. The van der Waals surface area contributed by atoms with Gasteiger partial charge in [0.2, 0.25) is 10.9 Å². The van der Waals surface area contributed by atoms with Crippen molar-refractivity contribution >= 4 is 28.4 Å². The van der Waals surface area contributed by atoms with E-state index in [1.807, 2.05) is 12.3 Å². The average Bonchev–Trinajstić information content (AvgIpc) is 3.19. The summed E-state index contributed by atoms with van der Waals surface area (Å²) in [7, 11) is 1.45. The molecule has 0 aliphatic carbocycles. The van der Waals surface area contributed by atoms with Crippen molar-refractivity contribution in [3.8, 4) is 22.8 Å². The third-order valence-corrected chi connectivity index (χ3v) is 5.48. The number of nitrogens with zero attached hydrogens (tertiary/aromatic N) is 3. The minimum atomic E-state index is -0.488. The molecule has 1 heterocycles. The summed E-state index contributed by atoms with van der Waals surface area (Å²) in [6.45, 7) is 8.52. The van der Waals surface area contributed by atoms with Crippen LogP contribution >= 0.6 is 11.3 Å². The van der Waals surface area contributed by atoms with Gasteiger partial charge in [0.25, 0.3) is 0 Å². The van der Waals surface area contributed by atoms with Crippen LogP contribution in [-0.2, 0) is 0 Å². The molecule has 32 heavy (non-hydrogen) atoms. The van der Waals surface area contributed by atoms with E-state index in [0.717, 1.165) is 17.7 Å². The standard InChI is InChI=1S/C23H26N4O4S/c1-6-7-31-22-19(27(28)29)10-17(11-20(22)30-5)12-24-26-23-25-18(13-32-23)21-15(3)8-14(2)9-16(21)4/h8-13H,6-7H2,1-5H3,(H,25,26)/b24-12-. The Morgan fingerprint density at radius 2 is 1.94 bits per heavy atom. The van der Waals surface area contributed by atoms with Crippen molar-refractivity contribution in [2.24, 2.45) is 5.10 Å². The van der Waals surface area contributed by atoms with Crippen LogP contribution in [0.1, 0.15) is 35.6 Å². The van der Waals surface area contributed by atoms with Crippen LogP contribution in [0.5, 0.6) is 11.5 Å². The Labute approximate surface area is 191 Å². The fourth-order valence-corrected chi connectivity index (χ4v) is 4.16. The Balaban J connectivity index is 1.81. The Morgan fingerprint density at radius 1 is 1.22 bits per heavy atom. The van der Waals surface area contributed by atoms with Crippen LogP contribution in [0.15, 0.2) is 34.7 Å². The maximum Gasteiger partial charge on any atom is 0.315 e. The molecule has 9 heteroatoms. The van der Waals surface area contributed by atoms with E-state index in [9.17, 15) is 10.1 Å². The van der Waals surface area contributed by atoms with Crippen LogP contribution in [-0.4, -0.2) is 29.8 Å². The maximum atomic E-state index is 11.5. The van der Waals surface area contributed by atoms with Gasteiger partial charge in [0.15, 0.2) is 5.75 Å². The minimum Gasteiger partial charge on any atom is -0.493 e. The molecule has 2 aromatic carbocycles. The number of aryl methyl sites for hydroxylation is 3. The second kappa shape index (κ2) is 10.2. The molecular formula is C23H26N4O4S. The normalized spacial score (nSPS) is 11.0. The highest BCUT2D eigenvalue weighted by Crippen LogP contribution is 2.38. The summed E-state index contributed by atoms with van der Waals surface area (Å²) >= 11 is 1.44. The molecule has 1 N–H and O–H groups in total. The van der Waals surface area contributed by atoms with Crippen molar-refractivity contribution in [3.63, 3.8) is 0 Å². The molecule has 0 amide bonds. The van der Waals surface area contributed by atoms with Gasteiger partial charge in [-0.25, -0.2) is 4.98 Å². The van der Waals surface area contributed by atoms with Crippen molar-refractivity contribution in [2.75, 3.05) is 19.1 Å². The first-order valence-electron chi connectivity index (χ1n) is 10.2. The summed E-state index contributed by atoms with van der Waals surface area (Å²) in [5, 5.41) is 18.3. The topological polar surface area (TPSA) is 98.9 Å². The van der Waals surface area contributed by atoms with Crippen LogP contribution in [0.25, 0.3) is 11.3 Å². The highest BCUT2D eigenvalue weighted by molar-refractivity contribution is 7.14. The number of hydrazone groups is 1. The first-order valence-corrected chi connectivity index (χ1v) is 11.0. The lowest BCUT2D eigenvalue weighted by molar-refractivity contribution is -0.386. The Kier molecular flexibility index (Phi) is 7.42. The largest absolute Gasteiger partial charge is 0.493 e. The van der Waals surface area contributed by atoms with Gasteiger partial charge in [-0.1, -0.05) is 24.6 Å². The van der Waals surface area contributed by atoms with Crippen molar-refractivity contribution in [1.82, 2.24) is 4.98 Å². The van der Waals surface area contributed by atoms with Crippen LogP contribution in [0, 0.1) is 30.9 Å². The van der Waals surface area contributed by atoms with Crippen LogP contribution in [0.4, 0.5) is 10.8 Å². The van der Waals surface area contributed by atoms with Gasteiger partial charge < -0.3 is 9.47 Å². The summed E-state index contributed by atoms with van der Waals surface area (Å²) in [6.07, 6.45) is 2.22. The number of aromatic nitrogens is 1. The molecule has 0 aliphatic heterocycles. The number of benzene rings is 2. The summed E-state index contributed by atoms with van der Waals surface area (Å²) in [5.74, 6) is 0.411. The van der Waals surface area contributed by atoms with E-state index >= 15 is 0 Å². The fraction of sp³-hybridized carbons (Fsp3) is 0.304. The van der Waals surface area contributed by atoms with Crippen LogP contribution < -0.4 is 14.9 Å². The molecule has 3 rings (SSSR count). The molecule has 3 aromatic rings. The van der Waals surface area contributed by atoms with Gasteiger partial charge in [0.1, 0.15) is 0 Å². The predicted octanol–water partition coefficient (Wildman–Crippen LogP) is 5.89. The van der Waals surface area contributed by atoms with E-state index in [2.05, 4.69) is 48.4 Å². The molecule has 0 bridgehead atoms.